The molecule has 2 N–H and O–H groups in total. The lowest BCUT2D eigenvalue weighted by molar-refractivity contribution is 0.0954. The van der Waals surface area contributed by atoms with Gasteiger partial charge in [-0.15, -0.1) is 0 Å². The van der Waals surface area contributed by atoms with Gasteiger partial charge in [0.15, 0.2) is 0 Å². The Kier molecular flexibility index (Phi) is 5.39. The zero-order chi connectivity index (χ0) is 16.8. The molecule has 0 radical (unpaired) electrons. The molecule has 2 aromatic carbocycles. The Balaban J connectivity index is 1.76. The molecule has 0 fully saturated rings. The lowest BCUT2D eigenvalue weighted by atomic mass is 10.1. The highest BCUT2D eigenvalue weighted by Gasteiger charge is 2.11. The van der Waals surface area contributed by atoms with Crippen LogP contribution in [-0.2, 0) is 0 Å². The van der Waals surface area contributed by atoms with Crippen LogP contribution in [0.15, 0.2) is 48.5 Å². The Morgan fingerprint density at radius 2 is 1.75 bits per heavy atom. The third kappa shape index (κ3) is 3.71. The number of nitrogens with zero attached hydrogens (tertiary/aromatic N) is 1. The second kappa shape index (κ2) is 7.88. The van der Waals surface area contributed by atoms with Crippen molar-refractivity contribution in [3.8, 4) is 0 Å². The van der Waals surface area contributed by atoms with Gasteiger partial charge in [0.05, 0.1) is 16.6 Å². The van der Waals surface area contributed by atoms with E-state index in [-0.39, 0.29) is 12.5 Å². The molecule has 1 heterocycles. The fraction of sp³-hybridized carbons (Fsp3) is 0.300. The molecular weight excluding hydrogens is 300 g/mol. The van der Waals surface area contributed by atoms with Crippen LogP contribution in [-0.4, -0.2) is 29.1 Å². The van der Waals surface area contributed by atoms with Gasteiger partial charge in [0.2, 0.25) is 0 Å². The van der Waals surface area contributed by atoms with Crippen molar-refractivity contribution in [2.75, 3.05) is 13.2 Å². The van der Waals surface area contributed by atoms with Gasteiger partial charge in [-0.25, -0.2) is 4.98 Å². The number of aromatic nitrogens is 1. The average molecular weight is 322 g/mol. The van der Waals surface area contributed by atoms with Gasteiger partial charge in [0, 0.05) is 23.9 Å². The van der Waals surface area contributed by atoms with Crippen LogP contribution in [0.5, 0.6) is 0 Å². The molecular formula is C20H22N2O2. The summed E-state index contributed by atoms with van der Waals surface area (Å²) in [5.41, 5.74) is 2.26. The van der Waals surface area contributed by atoms with Crippen molar-refractivity contribution >= 4 is 27.7 Å². The SMILES string of the molecule is O=C(NCCCCCCO)c1cccc2cc3ccccc3nc12. The molecule has 24 heavy (non-hydrogen) atoms. The minimum absolute atomic E-state index is 0.0782. The van der Waals surface area contributed by atoms with Crippen LogP contribution in [0.1, 0.15) is 36.0 Å². The van der Waals surface area contributed by atoms with Gasteiger partial charge in [0.1, 0.15) is 0 Å². The van der Waals surface area contributed by atoms with Crippen molar-refractivity contribution in [1.29, 1.82) is 0 Å². The zero-order valence-electron chi connectivity index (χ0n) is 13.7. The Morgan fingerprint density at radius 3 is 2.62 bits per heavy atom. The molecule has 0 aliphatic heterocycles. The van der Waals surface area contributed by atoms with Gasteiger partial charge >= 0.3 is 0 Å². The predicted octanol–water partition coefficient (Wildman–Crippen LogP) is 3.67. The van der Waals surface area contributed by atoms with E-state index in [9.17, 15) is 4.79 Å². The number of unbranched alkanes of at least 4 members (excludes halogenated alkanes) is 3. The first-order valence-corrected chi connectivity index (χ1v) is 8.47. The molecule has 4 nitrogen and oxygen atoms in total. The van der Waals surface area contributed by atoms with Crippen molar-refractivity contribution in [2.24, 2.45) is 0 Å². The molecule has 0 aliphatic rings. The highest BCUT2D eigenvalue weighted by Crippen LogP contribution is 2.22. The molecule has 0 atom stereocenters. The second-order valence-electron chi connectivity index (χ2n) is 5.95. The normalized spacial score (nSPS) is 11.0. The lowest BCUT2D eigenvalue weighted by Crippen LogP contribution is -2.24. The second-order valence-corrected chi connectivity index (χ2v) is 5.95. The number of fused-ring (bicyclic) bond motifs is 2. The average Bonchev–Trinajstić information content (AvgIpc) is 2.62. The fourth-order valence-electron chi connectivity index (χ4n) is 2.87. The Labute approximate surface area is 141 Å². The number of rotatable bonds is 7. The van der Waals surface area contributed by atoms with Crippen LogP contribution in [0.25, 0.3) is 21.8 Å². The van der Waals surface area contributed by atoms with Crippen LogP contribution < -0.4 is 5.32 Å². The molecule has 3 rings (SSSR count). The molecule has 4 heteroatoms. The summed E-state index contributed by atoms with van der Waals surface area (Å²) in [6.45, 7) is 0.885. The van der Waals surface area contributed by atoms with Gasteiger partial charge in [-0.2, -0.15) is 0 Å². The van der Waals surface area contributed by atoms with E-state index in [0.717, 1.165) is 47.5 Å². The number of aliphatic hydroxyl groups is 1. The van der Waals surface area contributed by atoms with Crippen LogP contribution in [0.2, 0.25) is 0 Å². The maximum Gasteiger partial charge on any atom is 0.253 e. The summed E-state index contributed by atoms with van der Waals surface area (Å²) in [4.78, 5) is 17.2. The molecule has 0 bridgehead atoms. The minimum atomic E-state index is -0.0782. The molecule has 0 spiro atoms. The first-order chi connectivity index (χ1) is 11.8. The monoisotopic (exact) mass is 322 g/mol. The van der Waals surface area contributed by atoms with E-state index in [4.69, 9.17) is 5.11 Å². The van der Waals surface area contributed by atoms with Crippen LogP contribution in [0.4, 0.5) is 0 Å². The highest BCUT2D eigenvalue weighted by molar-refractivity contribution is 6.07. The van der Waals surface area contributed by atoms with E-state index >= 15 is 0 Å². The Hall–Kier alpha value is -2.46. The van der Waals surface area contributed by atoms with Gasteiger partial charge in [0.25, 0.3) is 5.91 Å². The largest absolute Gasteiger partial charge is 0.396 e. The summed E-state index contributed by atoms with van der Waals surface area (Å²) in [5.74, 6) is -0.0782. The minimum Gasteiger partial charge on any atom is -0.396 e. The van der Waals surface area contributed by atoms with Crippen LogP contribution in [0, 0.1) is 0 Å². The van der Waals surface area contributed by atoms with Crippen molar-refractivity contribution in [3.05, 3.63) is 54.1 Å². The Bertz CT molecular complexity index is 845. The van der Waals surface area contributed by atoms with E-state index in [1.54, 1.807) is 0 Å². The van der Waals surface area contributed by atoms with E-state index in [1.807, 2.05) is 42.5 Å². The van der Waals surface area contributed by atoms with Gasteiger partial charge in [-0.1, -0.05) is 43.2 Å². The molecule has 0 unspecified atom stereocenters. The maximum atomic E-state index is 12.5. The molecule has 0 aliphatic carbocycles. The summed E-state index contributed by atoms with van der Waals surface area (Å²) in [6, 6.07) is 15.7. The summed E-state index contributed by atoms with van der Waals surface area (Å²) < 4.78 is 0. The third-order valence-corrected chi connectivity index (χ3v) is 4.16. The van der Waals surface area contributed by atoms with Crippen molar-refractivity contribution in [1.82, 2.24) is 10.3 Å². The van der Waals surface area contributed by atoms with E-state index in [0.29, 0.717) is 12.1 Å². The molecule has 124 valence electrons. The van der Waals surface area contributed by atoms with Crippen molar-refractivity contribution in [3.63, 3.8) is 0 Å². The number of para-hydroxylation sites is 2. The molecule has 1 aromatic heterocycles. The molecule has 0 saturated carbocycles. The molecule has 1 amide bonds. The number of hydrogen-bond donors (Lipinski definition) is 2. The first kappa shape index (κ1) is 16.4. The topological polar surface area (TPSA) is 62.2 Å². The van der Waals surface area contributed by atoms with Crippen molar-refractivity contribution < 1.29 is 9.90 Å². The van der Waals surface area contributed by atoms with Gasteiger partial charge in [-0.3, -0.25) is 4.79 Å². The van der Waals surface area contributed by atoms with Crippen molar-refractivity contribution in [2.45, 2.75) is 25.7 Å². The lowest BCUT2D eigenvalue weighted by Gasteiger charge is -2.08. The number of carbonyl (C=O) groups is 1. The third-order valence-electron chi connectivity index (χ3n) is 4.16. The maximum absolute atomic E-state index is 12.5. The predicted molar refractivity (Wildman–Crippen MR) is 97.1 cm³/mol. The molecule has 0 saturated heterocycles. The van der Waals surface area contributed by atoms with E-state index < -0.39 is 0 Å². The highest BCUT2D eigenvalue weighted by atomic mass is 16.2. The summed E-state index contributed by atoms with van der Waals surface area (Å²) >= 11 is 0. The number of amides is 1. The first-order valence-electron chi connectivity index (χ1n) is 8.47. The number of carbonyl (C=O) groups excluding carboxylic acids is 1. The standard InChI is InChI=1S/C20H22N2O2/c23-13-6-2-1-5-12-21-20(24)17-10-7-9-16-14-15-8-3-4-11-18(15)22-19(16)17/h3-4,7-11,14,23H,1-2,5-6,12-13H2,(H,21,24). The van der Waals surface area contributed by atoms with Crippen LogP contribution in [0.3, 0.4) is 0 Å². The number of aliphatic hydroxyl groups excluding tert-OH is 1. The van der Waals surface area contributed by atoms with E-state index in [2.05, 4.69) is 16.4 Å². The van der Waals surface area contributed by atoms with E-state index in [1.165, 1.54) is 0 Å². The quantitative estimate of drug-likeness (QED) is 0.515. The number of pyridine rings is 1. The number of hydrogen-bond acceptors (Lipinski definition) is 3. The summed E-state index contributed by atoms with van der Waals surface area (Å²) in [7, 11) is 0. The van der Waals surface area contributed by atoms with Gasteiger partial charge in [-0.05, 0) is 31.0 Å². The Morgan fingerprint density at radius 1 is 0.958 bits per heavy atom. The number of nitrogens with one attached hydrogen (secondary N) is 1. The fourth-order valence-corrected chi connectivity index (χ4v) is 2.87. The van der Waals surface area contributed by atoms with Crippen LogP contribution >= 0.6 is 0 Å². The summed E-state index contributed by atoms with van der Waals surface area (Å²) in [5, 5.41) is 13.8. The summed E-state index contributed by atoms with van der Waals surface area (Å²) in [6.07, 6.45) is 3.76. The number of benzene rings is 2. The smallest absolute Gasteiger partial charge is 0.253 e. The van der Waals surface area contributed by atoms with Gasteiger partial charge < -0.3 is 10.4 Å². The zero-order valence-corrected chi connectivity index (χ0v) is 13.7. The molecule has 3 aromatic rings.